The van der Waals surface area contributed by atoms with Crippen molar-refractivity contribution in [3.63, 3.8) is 0 Å². The van der Waals surface area contributed by atoms with Gasteiger partial charge in [-0.15, -0.1) is 0 Å². The van der Waals surface area contributed by atoms with Crippen molar-refractivity contribution in [1.82, 2.24) is 0 Å². The monoisotopic (exact) mass is 375 g/mol. The van der Waals surface area contributed by atoms with Gasteiger partial charge >= 0.3 is 5.97 Å². The lowest BCUT2D eigenvalue weighted by atomic mass is 9.91. The lowest BCUT2D eigenvalue weighted by Gasteiger charge is -2.21. The van der Waals surface area contributed by atoms with E-state index < -0.39 is 16.0 Å². The fourth-order valence-corrected chi connectivity index (χ4v) is 4.63. The van der Waals surface area contributed by atoms with Crippen LogP contribution >= 0.6 is 15.9 Å². The highest BCUT2D eigenvalue weighted by molar-refractivity contribution is 9.10. The number of sulfonamides is 1. The molecule has 116 valence electrons. The third-order valence-electron chi connectivity index (χ3n) is 3.66. The highest BCUT2D eigenvalue weighted by Gasteiger charge is 2.22. The van der Waals surface area contributed by atoms with Crippen molar-refractivity contribution in [3.05, 3.63) is 28.2 Å². The van der Waals surface area contributed by atoms with Gasteiger partial charge in [0.05, 0.1) is 17.0 Å². The smallest absolute Gasteiger partial charge is 0.335 e. The first kappa shape index (κ1) is 16.3. The fourth-order valence-electron chi connectivity index (χ4n) is 2.61. The molecule has 0 saturated heterocycles. The Bertz CT molecular complexity index is 624. The third-order valence-corrected chi connectivity index (χ3v) is 5.79. The van der Waals surface area contributed by atoms with Gasteiger partial charge in [-0.25, -0.2) is 13.2 Å². The first-order valence-corrected chi connectivity index (χ1v) is 9.35. The summed E-state index contributed by atoms with van der Waals surface area (Å²) in [7, 11) is -3.47. The zero-order valence-electron chi connectivity index (χ0n) is 11.5. The zero-order chi connectivity index (χ0) is 15.5. The quantitative estimate of drug-likeness (QED) is 0.824. The normalized spacial score (nSPS) is 16.6. The second-order valence-corrected chi connectivity index (χ2v) is 8.01. The summed E-state index contributed by atoms with van der Waals surface area (Å²) in [6.07, 6.45) is 5.22. The Morgan fingerprint density at radius 1 is 1.29 bits per heavy atom. The van der Waals surface area contributed by atoms with Crippen LogP contribution in [0.5, 0.6) is 0 Å². The Kier molecular flexibility index (Phi) is 5.27. The van der Waals surface area contributed by atoms with Crippen molar-refractivity contribution < 1.29 is 18.3 Å². The van der Waals surface area contributed by atoms with E-state index in [1.54, 1.807) is 0 Å². The number of benzene rings is 1. The molecule has 1 aliphatic carbocycles. The summed E-state index contributed by atoms with van der Waals surface area (Å²) in [4.78, 5) is 11.0. The molecule has 0 unspecified atom stereocenters. The number of hydrogen-bond acceptors (Lipinski definition) is 3. The average molecular weight is 376 g/mol. The van der Waals surface area contributed by atoms with Crippen LogP contribution in [0.2, 0.25) is 0 Å². The summed E-state index contributed by atoms with van der Waals surface area (Å²) in [5, 5.41) is 8.97. The van der Waals surface area contributed by atoms with Crippen LogP contribution < -0.4 is 4.72 Å². The van der Waals surface area contributed by atoms with E-state index in [1.807, 2.05) is 0 Å². The lowest BCUT2D eigenvalue weighted by molar-refractivity contribution is 0.0697. The van der Waals surface area contributed by atoms with E-state index in [2.05, 4.69) is 20.7 Å². The number of carboxylic acids is 1. The number of nitrogens with one attached hydrogen (secondary N) is 1. The molecule has 2 rings (SSSR count). The molecule has 0 bridgehead atoms. The largest absolute Gasteiger partial charge is 0.478 e. The Labute approximate surface area is 132 Å². The number of hydrogen-bond donors (Lipinski definition) is 2. The predicted molar refractivity (Wildman–Crippen MR) is 85.1 cm³/mol. The maximum atomic E-state index is 12.2. The van der Waals surface area contributed by atoms with Gasteiger partial charge in [0.2, 0.25) is 10.0 Å². The minimum atomic E-state index is -3.47. The summed E-state index contributed by atoms with van der Waals surface area (Å²) in [5.41, 5.74) is 0.319. The van der Waals surface area contributed by atoms with Crippen molar-refractivity contribution >= 4 is 37.6 Å². The van der Waals surface area contributed by atoms with Crippen LogP contribution in [0, 0.1) is 5.92 Å². The number of aromatic carboxylic acids is 1. The van der Waals surface area contributed by atoms with Crippen molar-refractivity contribution in [1.29, 1.82) is 0 Å². The second-order valence-electron chi connectivity index (χ2n) is 5.39. The molecular formula is C14H18BrNO4S. The Hall–Kier alpha value is -1.08. The standard InChI is InChI=1S/C14H18BrNO4S/c15-12-7-6-11(14(17)18)8-13(12)16-21(19,20)9-10-4-2-1-3-5-10/h6-8,10,16H,1-5,9H2,(H,17,18). The molecule has 0 aromatic heterocycles. The summed E-state index contributed by atoms with van der Waals surface area (Å²) < 4.78 is 27.5. The van der Waals surface area contributed by atoms with Gasteiger partial charge in [-0.1, -0.05) is 19.3 Å². The van der Waals surface area contributed by atoms with Gasteiger partial charge in [0.25, 0.3) is 0 Å². The van der Waals surface area contributed by atoms with Gasteiger partial charge in [0, 0.05) is 4.47 Å². The first-order chi connectivity index (χ1) is 9.87. The molecule has 0 aliphatic heterocycles. The second kappa shape index (κ2) is 6.79. The maximum Gasteiger partial charge on any atom is 0.335 e. The molecule has 0 spiro atoms. The van der Waals surface area contributed by atoms with Crippen LogP contribution in [0.4, 0.5) is 5.69 Å². The van der Waals surface area contributed by atoms with Crippen molar-refractivity contribution in [2.24, 2.45) is 5.92 Å². The van der Waals surface area contributed by atoms with Crippen LogP contribution in [0.1, 0.15) is 42.5 Å². The molecule has 1 aromatic carbocycles. The van der Waals surface area contributed by atoms with E-state index in [1.165, 1.54) is 24.6 Å². The van der Waals surface area contributed by atoms with Crippen molar-refractivity contribution in [2.75, 3.05) is 10.5 Å². The van der Waals surface area contributed by atoms with Gasteiger partial charge in [0.1, 0.15) is 0 Å². The van der Waals surface area contributed by atoms with Gasteiger partial charge in [-0.2, -0.15) is 0 Å². The van der Waals surface area contributed by atoms with E-state index in [-0.39, 0.29) is 22.9 Å². The van der Waals surface area contributed by atoms with Crippen LogP contribution in [-0.2, 0) is 10.0 Å². The lowest BCUT2D eigenvalue weighted by Crippen LogP contribution is -2.24. The molecule has 0 heterocycles. The van der Waals surface area contributed by atoms with Gasteiger partial charge in [-0.3, -0.25) is 4.72 Å². The van der Waals surface area contributed by atoms with E-state index in [4.69, 9.17) is 5.11 Å². The summed E-state index contributed by atoms with van der Waals surface area (Å²) in [6.45, 7) is 0. The van der Waals surface area contributed by atoms with Gasteiger partial charge in [-0.05, 0) is 52.9 Å². The van der Waals surface area contributed by atoms with Crippen molar-refractivity contribution in [3.8, 4) is 0 Å². The van der Waals surface area contributed by atoms with Crippen LogP contribution in [0.15, 0.2) is 22.7 Å². The average Bonchev–Trinajstić information content (AvgIpc) is 2.41. The van der Waals surface area contributed by atoms with E-state index in [0.717, 1.165) is 25.7 Å². The molecule has 1 aromatic rings. The third kappa shape index (κ3) is 4.71. The van der Waals surface area contributed by atoms with E-state index in [0.29, 0.717) is 4.47 Å². The Morgan fingerprint density at radius 2 is 1.95 bits per heavy atom. The molecule has 0 amide bonds. The van der Waals surface area contributed by atoms with Gasteiger partial charge < -0.3 is 5.11 Å². The maximum absolute atomic E-state index is 12.2. The molecule has 1 saturated carbocycles. The number of rotatable bonds is 5. The summed E-state index contributed by atoms with van der Waals surface area (Å²) in [6, 6.07) is 4.28. The Morgan fingerprint density at radius 3 is 2.57 bits per heavy atom. The minimum Gasteiger partial charge on any atom is -0.478 e. The molecule has 1 fully saturated rings. The molecule has 5 nitrogen and oxygen atoms in total. The SMILES string of the molecule is O=C(O)c1ccc(Br)c(NS(=O)(=O)CC2CCCCC2)c1. The van der Waals surface area contributed by atoms with Crippen molar-refractivity contribution in [2.45, 2.75) is 32.1 Å². The molecular weight excluding hydrogens is 358 g/mol. The molecule has 21 heavy (non-hydrogen) atoms. The van der Waals surface area contributed by atoms with Gasteiger partial charge in [0.15, 0.2) is 0 Å². The zero-order valence-corrected chi connectivity index (χ0v) is 13.9. The highest BCUT2D eigenvalue weighted by atomic mass is 79.9. The molecule has 0 radical (unpaired) electrons. The first-order valence-electron chi connectivity index (χ1n) is 6.91. The predicted octanol–water partition coefficient (Wildman–Crippen LogP) is 3.47. The number of anilines is 1. The minimum absolute atomic E-state index is 0.0496. The summed E-state index contributed by atoms with van der Waals surface area (Å²) in [5.74, 6) is -0.801. The van der Waals surface area contributed by atoms with Crippen LogP contribution in [0.25, 0.3) is 0 Å². The summed E-state index contributed by atoms with van der Waals surface area (Å²) >= 11 is 3.24. The number of carbonyl (C=O) groups is 1. The van der Waals surface area contributed by atoms with Crippen LogP contribution in [-0.4, -0.2) is 25.2 Å². The molecule has 0 atom stereocenters. The molecule has 7 heteroatoms. The fraction of sp³-hybridized carbons (Fsp3) is 0.500. The number of carboxylic acid groups (broad SMARTS) is 1. The van der Waals surface area contributed by atoms with Crippen LogP contribution in [0.3, 0.4) is 0 Å². The molecule has 1 aliphatic rings. The molecule has 2 N–H and O–H groups in total. The van der Waals surface area contributed by atoms with E-state index >= 15 is 0 Å². The highest BCUT2D eigenvalue weighted by Crippen LogP contribution is 2.28. The number of halogens is 1. The Balaban J connectivity index is 2.12. The van der Waals surface area contributed by atoms with E-state index in [9.17, 15) is 13.2 Å². The topological polar surface area (TPSA) is 83.5 Å².